The first-order valence-corrected chi connectivity index (χ1v) is 9.66. The molecular weight excluding hydrogens is 380 g/mol. The van der Waals surface area contributed by atoms with Crippen molar-refractivity contribution in [2.24, 2.45) is 0 Å². The van der Waals surface area contributed by atoms with E-state index in [0.29, 0.717) is 16.6 Å². The van der Waals surface area contributed by atoms with E-state index in [9.17, 15) is 15.3 Å². The maximum Gasteiger partial charge on any atom is 0.186 e. The number of nitrogen functional groups attached to an aromatic ring is 1. The molecule has 0 spiro atoms. The Morgan fingerprint density at radius 3 is 2.38 bits per heavy atom. The van der Waals surface area contributed by atoms with Crippen molar-refractivity contribution in [1.29, 1.82) is 0 Å². The Labute approximate surface area is 169 Å². The predicted molar refractivity (Wildman–Crippen MR) is 105 cm³/mol. The lowest BCUT2D eigenvalue weighted by atomic mass is 9.96. The summed E-state index contributed by atoms with van der Waals surface area (Å²) in [6.07, 6.45) is -1.27. The number of anilines is 1. The highest BCUT2D eigenvalue weighted by Gasteiger charge is 2.53. The standard InChI is InChI=1S/C19H30N4O6/c1-9(2)27-17(28-10(3)4)11-6-23(16-13(11)15(20)21-8-22-16)18-19(5,26)14(25)12(7-24)29-18/h6,8-10,12,14,17-18,24-26H,7H2,1-5H3,(H2,20,21,22)/t12?,14-,18?,19+/m1/s1. The quantitative estimate of drug-likeness (QED) is 0.488. The third-order valence-electron chi connectivity index (χ3n) is 4.90. The van der Waals surface area contributed by atoms with Crippen LogP contribution in [-0.2, 0) is 14.2 Å². The van der Waals surface area contributed by atoms with Crippen LogP contribution in [0.5, 0.6) is 0 Å². The van der Waals surface area contributed by atoms with Gasteiger partial charge in [0.05, 0.1) is 24.2 Å². The Morgan fingerprint density at radius 1 is 1.24 bits per heavy atom. The number of ether oxygens (including phenoxy) is 3. The first-order chi connectivity index (χ1) is 13.6. The van der Waals surface area contributed by atoms with Crippen LogP contribution in [0.2, 0.25) is 0 Å². The lowest BCUT2D eigenvalue weighted by molar-refractivity contribution is -0.185. The molecule has 4 atom stereocenters. The van der Waals surface area contributed by atoms with Gasteiger partial charge in [-0.1, -0.05) is 0 Å². The number of nitrogens with zero attached hydrogens (tertiary/aromatic N) is 3. The second kappa shape index (κ2) is 8.13. The molecule has 5 N–H and O–H groups in total. The lowest BCUT2D eigenvalue weighted by Crippen LogP contribution is -2.44. The third-order valence-corrected chi connectivity index (χ3v) is 4.90. The number of nitrogens with two attached hydrogens (primary N) is 1. The van der Waals surface area contributed by atoms with Crippen LogP contribution < -0.4 is 5.73 Å². The molecule has 2 aromatic heterocycles. The van der Waals surface area contributed by atoms with E-state index < -0.39 is 36.9 Å². The van der Waals surface area contributed by atoms with Crippen molar-refractivity contribution in [3.63, 3.8) is 0 Å². The third kappa shape index (κ3) is 3.96. The van der Waals surface area contributed by atoms with Crippen LogP contribution in [0.1, 0.15) is 52.7 Å². The fourth-order valence-electron chi connectivity index (χ4n) is 3.56. The summed E-state index contributed by atoms with van der Waals surface area (Å²) in [4.78, 5) is 8.40. The molecule has 0 saturated carbocycles. The van der Waals surface area contributed by atoms with Crippen LogP contribution in [0.25, 0.3) is 11.0 Å². The maximum atomic E-state index is 10.9. The van der Waals surface area contributed by atoms with Gasteiger partial charge in [0, 0.05) is 11.8 Å². The summed E-state index contributed by atoms with van der Waals surface area (Å²) in [7, 11) is 0. The summed E-state index contributed by atoms with van der Waals surface area (Å²) in [6, 6.07) is 0. The summed E-state index contributed by atoms with van der Waals surface area (Å²) < 4.78 is 19.3. The molecule has 1 fully saturated rings. The highest BCUT2D eigenvalue weighted by Crippen LogP contribution is 2.42. The molecule has 0 amide bonds. The van der Waals surface area contributed by atoms with Crippen LogP contribution in [0, 0.1) is 0 Å². The normalized spacial score (nSPS) is 27.8. The lowest BCUT2D eigenvalue weighted by Gasteiger charge is -2.27. The zero-order chi connectivity index (χ0) is 21.5. The number of aliphatic hydroxyl groups excluding tert-OH is 2. The molecule has 10 heteroatoms. The largest absolute Gasteiger partial charge is 0.394 e. The smallest absolute Gasteiger partial charge is 0.186 e. The van der Waals surface area contributed by atoms with Gasteiger partial charge in [-0.05, 0) is 34.6 Å². The van der Waals surface area contributed by atoms with Crippen LogP contribution >= 0.6 is 0 Å². The predicted octanol–water partition coefficient (Wildman–Crippen LogP) is 0.864. The van der Waals surface area contributed by atoms with Crippen molar-refractivity contribution in [3.8, 4) is 0 Å². The number of hydrogen-bond acceptors (Lipinski definition) is 9. The van der Waals surface area contributed by atoms with Crippen molar-refractivity contribution in [2.75, 3.05) is 12.3 Å². The summed E-state index contributed by atoms with van der Waals surface area (Å²) in [5.41, 5.74) is 5.45. The van der Waals surface area contributed by atoms with E-state index in [1.165, 1.54) is 13.3 Å². The van der Waals surface area contributed by atoms with E-state index in [-0.39, 0.29) is 18.0 Å². The molecule has 10 nitrogen and oxygen atoms in total. The van der Waals surface area contributed by atoms with Crippen LogP contribution in [0.3, 0.4) is 0 Å². The highest BCUT2D eigenvalue weighted by atomic mass is 16.7. The number of hydrogen-bond donors (Lipinski definition) is 4. The molecular formula is C19H30N4O6. The Bertz CT molecular complexity index is 843. The van der Waals surface area contributed by atoms with E-state index in [2.05, 4.69) is 9.97 Å². The van der Waals surface area contributed by atoms with Gasteiger partial charge in [-0.15, -0.1) is 0 Å². The average Bonchev–Trinajstić information content (AvgIpc) is 3.11. The van der Waals surface area contributed by atoms with E-state index in [1.807, 2.05) is 27.7 Å². The van der Waals surface area contributed by atoms with Gasteiger partial charge >= 0.3 is 0 Å². The summed E-state index contributed by atoms with van der Waals surface area (Å²) in [5.74, 6) is 0.227. The second-order valence-electron chi connectivity index (χ2n) is 8.03. The van der Waals surface area contributed by atoms with Gasteiger partial charge in [-0.2, -0.15) is 0 Å². The number of fused-ring (bicyclic) bond motifs is 1. The minimum atomic E-state index is -1.68. The molecule has 1 aliphatic heterocycles. The molecule has 162 valence electrons. The molecule has 0 bridgehead atoms. The Morgan fingerprint density at radius 2 is 1.86 bits per heavy atom. The monoisotopic (exact) mass is 410 g/mol. The molecule has 29 heavy (non-hydrogen) atoms. The maximum absolute atomic E-state index is 10.9. The minimum absolute atomic E-state index is 0.130. The first kappa shape index (κ1) is 21.9. The average molecular weight is 410 g/mol. The van der Waals surface area contributed by atoms with E-state index in [0.717, 1.165) is 0 Å². The zero-order valence-electron chi connectivity index (χ0n) is 17.3. The van der Waals surface area contributed by atoms with Crippen molar-refractivity contribution in [2.45, 2.75) is 77.2 Å². The van der Waals surface area contributed by atoms with Gasteiger partial charge in [-0.3, -0.25) is 0 Å². The number of aliphatic hydroxyl groups is 3. The van der Waals surface area contributed by atoms with E-state index in [4.69, 9.17) is 19.9 Å². The molecule has 2 unspecified atom stereocenters. The van der Waals surface area contributed by atoms with E-state index in [1.54, 1.807) is 10.8 Å². The Hall–Kier alpha value is -1.82. The Kier molecular flexibility index (Phi) is 6.13. The molecule has 0 radical (unpaired) electrons. The van der Waals surface area contributed by atoms with Crippen molar-refractivity contribution in [3.05, 3.63) is 18.1 Å². The van der Waals surface area contributed by atoms with Crippen LogP contribution in [0.15, 0.2) is 12.5 Å². The number of aromatic nitrogens is 3. The van der Waals surface area contributed by atoms with Gasteiger partial charge in [0.15, 0.2) is 12.5 Å². The van der Waals surface area contributed by atoms with Gasteiger partial charge in [-0.25, -0.2) is 9.97 Å². The summed E-state index contributed by atoms with van der Waals surface area (Å²) in [5, 5.41) is 31.3. The van der Waals surface area contributed by atoms with Crippen LogP contribution in [-0.4, -0.2) is 66.5 Å². The van der Waals surface area contributed by atoms with Gasteiger partial charge in [0.1, 0.15) is 35.6 Å². The minimum Gasteiger partial charge on any atom is -0.394 e. The fourth-order valence-corrected chi connectivity index (χ4v) is 3.56. The first-order valence-electron chi connectivity index (χ1n) is 9.66. The highest BCUT2D eigenvalue weighted by molar-refractivity contribution is 5.90. The van der Waals surface area contributed by atoms with Gasteiger partial charge < -0.3 is 39.8 Å². The molecule has 3 rings (SSSR count). The van der Waals surface area contributed by atoms with Crippen molar-refractivity contribution >= 4 is 16.9 Å². The SMILES string of the molecule is CC(C)OC(OC(C)C)c1cn(C2OC(CO)[C@@H](O)[C@]2(C)O)c2ncnc(N)c12. The Balaban J connectivity index is 2.17. The fraction of sp³-hybridized carbons (Fsp3) is 0.684. The second-order valence-corrected chi connectivity index (χ2v) is 8.03. The van der Waals surface area contributed by atoms with E-state index >= 15 is 0 Å². The summed E-state index contributed by atoms with van der Waals surface area (Å²) in [6.45, 7) is 8.57. The van der Waals surface area contributed by atoms with Gasteiger partial charge in [0.25, 0.3) is 0 Å². The number of rotatable bonds is 7. The van der Waals surface area contributed by atoms with Crippen LogP contribution in [0.4, 0.5) is 5.82 Å². The molecule has 0 aromatic carbocycles. The van der Waals surface area contributed by atoms with Crippen molar-refractivity contribution in [1.82, 2.24) is 14.5 Å². The summed E-state index contributed by atoms with van der Waals surface area (Å²) >= 11 is 0. The molecule has 3 heterocycles. The topological polar surface area (TPSA) is 145 Å². The molecule has 1 saturated heterocycles. The van der Waals surface area contributed by atoms with Crippen molar-refractivity contribution < 1.29 is 29.5 Å². The zero-order valence-corrected chi connectivity index (χ0v) is 17.3. The molecule has 2 aromatic rings. The van der Waals surface area contributed by atoms with Gasteiger partial charge in [0.2, 0.25) is 0 Å². The molecule has 1 aliphatic rings. The molecule has 0 aliphatic carbocycles.